The fourth-order valence-corrected chi connectivity index (χ4v) is 6.11. The van der Waals surface area contributed by atoms with Crippen LogP contribution in [0.25, 0.3) is 5.65 Å². The maximum Gasteiger partial charge on any atom is 0.340 e. The average Bonchev–Trinajstić information content (AvgIpc) is 3.32. The molecule has 2 aromatic heterocycles. The van der Waals surface area contributed by atoms with Crippen molar-refractivity contribution in [3.05, 3.63) is 59.5 Å². The summed E-state index contributed by atoms with van der Waals surface area (Å²) in [5, 5.41) is 0. The molecule has 2 aliphatic heterocycles. The Balaban J connectivity index is 1.43. The third-order valence-corrected chi connectivity index (χ3v) is 8.47. The standard InChI is InChI=1S/C25H30N4O5S/c1-19-6-5-11-28-17-20(26-24(19)28)18-34-25(30)22-16-21(35(31,32)29-12-14-33-15-13-29)7-8-23(22)27-9-3-2-4-10-27/h5-8,11,16-17H,2-4,9-10,12-15,18H2,1H3. The number of rotatable bonds is 6. The zero-order chi connectivity index (χ0) is 24.4. The molecule has 9 nitrogen and oxygen atoms in total. The van der Waals surface area contributed by atoms with Gasteiger partial charge in [-0.25, -0.2) is 18.2 Å². The van der Waals surface area contributed by atoms with E-state index < -0.39 is 16.0 Å². The van der Waals surface area contributed by atoms with Crippen molar-refractivity contribution in [1.29, 1.82) is 0 Å². The van der Waals surface area contributed by atoms with Crippen LogP contribution >= 0.6 is 0 Å². The molecule has 0 bridgehead atoms. The summed E-state index contributed by atoms with van der Waals surface area (Å²) in [6.07, 6.45) is 6.94. The second kappa shape index (κ2) is 9.96. The predicted octanol–water partition coefficient (Wildman–Crippen LogP) is 3.01. The molecule has 0 saturated carbocycles. The van der Waals surface area contributed by atoms with Crippen LogP contribution in [0.15, 0.2) is 47.6 Å². The van der Waals surface area contributed by atoms with Crippen molar-refractivity contribution < 1.29 is 22.7 Å². The van der Waals surface area contributed by atoms with Crippen molar-refractivity contribution in [2.24, 2.45) is 0 Å². The third-order valence-electron chi connectivity index (χ3n) is 6.57. The maximum absolute atomic E-state index is 13.3. The van der Waals surface area contributed by atoms with Gasteiger partial charge in [0, 0.05) is 38.6 Å². The monoisotopic (exact) mass is 498 g/mol. The number of imidazole rings is 1. The van der Waals surface area contributed by atoms with Gasteiger partial charge in [0.25, 0.3) is 0 Å². The number of hydrogen-bond donors (Lipinski definition) is 0. The Kier molecular flexibility index (Phi) is 6.77. The van der Waals surface area contributed by atoms with E-state index in [4.69, 9.17) is 9.47 Å². The summed E-state index contributed by atoms with van der Waals surface area (Å²) in [6, 6.07) is 8.71. The second-order valence-corrected chi connectivity index (χ2v) is 10.9. The summed E-state index contributed by atoms with van der Waals surface area (Å²) in [6.45, 7) is 4.93. The minimum atomic E-state index is -3.74. The molecule has 0 amide bonds. The Morgan fingerprint density at radius 2 is 1.86 bits per heavy atom. The summed E-state index contributed by atoms with van der Waals surface area (Å²) >= 11 is 0. The van der Waals surface area contributed by atoms with Crippen LogP contribution in [0, 0.1) is 6.92 Å². The molecule has 0 aliphatic carbocycles. The number of aryl methyl sites for hydroxylation is 1. The molecule has 0 N–H and O–H groups in total. The summed E-state index contributed by atoms with van der Waals surface area (Å²) in [4.78, 5) is 20.1. The van der Waals surface area contributed by atoms with Crippen LogP contribution in [-0.2, 0) is 26.1 Å². The fourth-order valence-electron chi connectivity index (χ4n) is 4.68. The number of anilines is 1. The Morgan fingerprint density at radius 1 is 1.09 bits per heavy atom. The quantitative estimate of drug-likeness (QED) is 0.482. The molecular weight excluding hydrogens is 468 g/mol. The highest BCUT2D eigenvalue weighted by Gasteiger charge is 2.29. The van der Waals surface area contributed by atoms with Gasteiger partial charge in [0.2, 0.25) is 10.0 Å². The summed E-state index contributed by atoms with van der Waals surface area (Å²) in [7, 11) is -3.74. The molecule has 10 heteroatoms. The van der Waals surface area contributed by atoms with Gasteiger partial charge in [-0.3, -0.25) is 0 Å². The Bertz CT molecular complexity index is 1320. The first-order valence-electron chi connectivity index (χ1n) is 12.0. The van der Waals surface area contributed by atoms with E-state index in [2.05, 4.69) is 9.88 Å². The Hall–Kier alpha value is -2.95. The number of piperidine rings is 1. The molecule has 4 heterocycles. The zero-order valence-electron chi connectivity index (χ0n) is 19.9. The van der Waals surface area contributed by atoms with Gasteiger partial charge < -0.3 is 18.8 Å². The molecule has 0 unspecified atom stereocenters. The normalized spacial score (nSPS) is 17.6. The van der Waals surface area contributed by atoms with E-state index in [1.165, 1.54) is 10.4 Å². The first-order chi connectivity index (χ1) is 16.9. The highest BCUT2D eigenvalue weighted by Crippen LogP contribution is 2.29. The highest BCUT2D eigenvalue weighted by molar-refractivity contribution is 7.89. The number of carbonyl (C=O) groups is 1. The van der Waals surface area contributed by atoms with Gasteiger partial charge in [0.15, 0.2) is 0 Å². The van der Waals surface area contributed by atoms with Gasteiger partial charge in [-0.1, -0.05) is 6.07 Å². The summed E-state index contributed by atoms with van der Waals surface area (Å²) < 4.78 is 40.8. The third kappa shape index (κ3) is 4.91. The molecule has 0 radical (unpaired) electrons. The van der Waals surface area contributed by atoms with E-state index in [0.717, 1.165) is 43.6 Å². The van der Waals surface area contributed by atoms with E-state index in [1.807, 2.05) is 35.9 Å². The lowest BCUT2D eigenvalue weighted by molar-refractivity contribution is 0.0468. The number of pyridine rings is 1. The zero-order valence-corrected chi connectivity index (χ0v) is 20.7. The smallest absolute Gasteiger partial charge is 0.340 e. The van der Waals surface area contributed by atoms with Crippen molar-refractivity contribution in [3.8, 4) is 0 Å². The Labute approximate surface area is 205 Å². The number of aromatic nitrogens is 2. The number of hydrogen-bond acceptors (Lipinski definition) is 7. The molecule has 0 atom stereocenters. The molecule has 0 spiro atoms. The minimum Gasteiger partial charge on any atom is -0.455 e. The summed E-state index contributed by atoms with van der Waals surface area (Å²) in [5.74, 6) is -0.557. The number of nitrogens with zero attached hydrogens (tertiary/aromatic N) is 4. The number of esters is 1. The predicted molar refractivity (Wildman–Crippen MR) is 131 cm³/mol. The first kappa shape index (κ1) is 23.8. The van der Waals surface area contributed by atoms with Crippen LogP contribution in [0.1, 0.15) is 40.9 Å². The molecule has 3 aromatic rings. The number of benzene rings is 1. The average molecular weight is 499 g/mol. The van der Waals surface area contributed by atoms with Crippen LogP contribution in [-0.4, -0.2) is 67.5 Å². The number of carbonyl (C=O) groups excluding carboxylic acids is 1. The number of fused-ring (bicyclic) bond motifs is 1. The number of ether oxygens (including phenoxy) is 2. The largest absolute Gasteiger partial charge is 0.455 e. The van der Waals surface area contributed by atoms with Gasteiger partial charge in [0.05, 0.1) is 35.1 Å². The lowest BCUT2D eigenvalue weighted by Gasteiger charge is -2.31. The SMILES string of the molecule is Cc1cccn2cc(COC(=O)c3cc(S(=O)(=O)N4CCOCC4)ccc3N3CCCCC3)nc12. The van der Waals surface area contributed by atoms with E-state index in [9.17, 15) is 13.2 Å². The van der Waals surface area contributed by atoms with Gasteiger partial charge in [-0.15, -0.1) is 0 Å². The van der Waals surface area contributed by atoms with E-state index in [0.29, 0.717) is 37.7 Å². The van der Waals surface area contributed by atoms with Crippen LogP contribution in [0.4, 0.5) is 5.69 Å². The number of morpholine rings is 1. The minimum absolute atomic E-state index is 0.000164. The van der Waals surface area contributed by atoms with Crippen molar-refractivity contribution in [3.63, 3.8) is 0 Å². The Morgan fingerprint density at radius 3 is 2.60 bits per heavy atom. The second-order valence-electron chi connectivity index (χ2n) is 8.97. The molecular formula is C25H30N4O5S. The first-order valence-corrected chi connectivity index (χ1v) is 13.4. The van der Waals surface area contributed by atoms with Crippen LogP contribution < -0.4 is 4.90 Å². The lowest BCUT2D eigenvalue weighted by Crippen LogP contribution is -2.40. The van der Waals surface area contributed by atoms with Crippen LogP contribution in [0.5, 0.6) is 0 Å². The van der Waals surface area contributed by atoms with Crippen molar-refractivity contribution >= 4 is 27.3 Å². The summed E-state index contributed by atoms with van der Waals surface area (Å²) in [5.41, 5.74) is 3.44. The van der Waals surface area contributed by atoms with Gasteiger partial charge in [-0.2, -0.15) is 4.31 Å². The van der Waals surface area contributed by atoms with Gasteiger partial charge in [0.1, 0.15) is 12.3 Å². The fraction of sp³-hybridized carbons (Fsp3) is 0.440. The van der Waals surface area contributed by atoms with E-state index >= 15 is 0 Å². The molecule has 2 fully saturated rings. The molecule has 2 aliphatic rings. The highest BCUT2D eigenvalue weighted by atomic mass is 32.2. The molecule has 2 saturated heterocycles. The molecule has 1 aromatic carbocycles. The molecule has 35 heavy (non-hydrogen) atoms. The van der Waals surface area contributed by atoms with Gasteiger partial charge in [-0.05, 0) is 56.0 Å². The van der Waals surface area contributed by atoms with E-state index in [1.54, 1.807) is 12.1 Å². The molecule has 186 valence electrons. The maximum atomic E-state index is 13.3. The topological polar surface area (TPSA) is 93.4 Å². The van der Waals surface area contributed by atoms with Crippen molar-refractivity contribution in [2.75, 3.05) is 44.3 Å². The number of sulfonamides is 1. The lowest BCUT2D eigenvalue weighted by atomic mass is 10.1. The van der Waals surface area contributed by atoms with Crippen molar-refractivity contribution in [1.82, 2.24) is 13.7 Å². The van der Waals surface area contributed by atoms with Crippen LogP contribution in [0.3, 0.4) is 0 Å². The van der Waals surface area contributed by atoms with Crippen LogP contribution in [0.2, 0.25) is 0 Å². The van der Waals surface area contributed by atoms with E-state index in [-0.39, 0.29) is 17.1 Å². The molecule has 5 rings (SSSR count). The van der Waals surface area contributed by atoms with Gasteiger partial charge >= 0.3 is 5.97 Å². The van der Waals surface area contributed by atoms with Crippen molar-refractivity contribution in [2.45, 2.75) is 37.7 Å².